The minimum atomic E-state index is -3.66. The van der Waals surface area contributed by atoms with Crippen LogP contribution in [-0.2, 0) is 15.8 Å². The first kappa shape index (κ1) is 16.8. The highest BCUT2D eigenvalue weighted by Crippen LogP contribution is 2.28. The van der Waals surface area contributed by atoms with E-state index in [2.05, 4.69) is 14.9 Å². The number of nitrogens with zero attached hydrogens (tertiary/aromatic N) is 2. The number of anilines is 1. The summed E-state index contributed by atoms with van der Waals surface area (Å²) in [5.74, 6) is -0.691. The average Bonchev–Trinajstić information content (AvgIpc) is 2.98. The van der Waals surface area contributed by atoms with E-state index in [1.54, 1.807) is 24.3 Å². The lowest BCUT2D eigenvalue weighted by Crippen LogP contribution is -2.14. The normalized spacial score (nSPS) is 11.4. The van der Waals surface area contributed by atoms with E-state index in [0.29, 0.717) is 15.6 Å². The molecule has 3 aromatic rings. The van der Waals surface area contributed by atoms with Crippen molar-refractivity contribution in [3.05, 3.63) is 64.9 Å². The molecule has 1 N–H and O–H groups in total. The Morgan fingerprint density at radius 3 is 2.38 bits per heavy atom. The van der Waals surface area contributed by atoms with Gasteiger partial charge in [0.1, 0.15) is 10.8 Å². The topological polar surface area (TPSA) is 72.0 Å². The molecular formula is C15H11ClFN3O2S2. The molecule has 1 aromatic heterocycles. The van der Waals surface area contributed by atoms with Crippen LogP contribution in [0.5, 0.6) is 0 Å². The molecule has 0 radical (unpaired) electrons. The Balaban J connectivity index is 1.73. The van der Waals surface area contributed by atoms with Gasteiger partial charge >= 0.3 is 0 Å². The summed E-state index contributed by atoms with van der Waals surface area (Å²) in [5, 5.41) is 9.15. The van der Waals surface area contributed by atoms with Crippen LogP contribution in [0.3, 0.4) is 0 Å². The van der Waals surface area contributed by atoms with Gasteiger partial charge in [0, 0.05) is 10.6 Å². The Kier molecular flexibility index (Phi) is 4.79. The fourth-order valence-corrected chi connectivity index (χ4v) is 4.23. The first-order chi connectivity index (χ1) is 11.4. The van der Waals surface area contributed by atoms with E-state index >= 15 is 0 Å². The molecule has 0 bridgehead atoms. The van der Waals surface area contributed by atoms with Crippen LogP contribution in [-0.4, -0.2) is 18.6 Å². The molecule has 3 rings (SSSR count). The van der Waals surface area contributed by atoms with Crippen molar-refractivity contribution < 1.29 is 12.8 Å². The SMILES string of the molecule is O=S(=O)(Cc1ccc(F)cc1)Nc1nnc(-c2ccc(Cl)cc2)s1. The van der Waals surface area contributed by atoms with Crippen LogP contribution in [0.1, 0.15) is 5.56 Å². The van der Waals surface area contributed by atoms with Crippen LogP contribution < -0.4 is 4.72 Å². The van der Waals surface area contributed by atoms with E-state index in [1.807, 2.05) is 0 Å². The van der Waals surface area contributed by atoms with E-state index in [9.17, 15) is 12.8 Å². The van der Waals surface area contributed by atoms with Crippen molar-refractivity contribution in [2.75, 3.05) is 4.72 Å². The number of sulfonamides is 1. The van der Waals surface area contributed by atoms with Gasteiger partial charge in [-0.05, 0) is 29.8 Å². The highest BCUT2D eigenvalue weighted by atomic mass is 35.5. The minimum Gasteiger partial charge on any atom is -0.257 e. The zero-order chi connectivity index (χ0) is 17.2. The third-order valence-corrected chi connectivity index (χ3v) is 5.52. The molecule has 0 saturated carbocycles. The summed E-state index contributed by atoms with van der Waals surface area (Å²) < 4.78 is 39.6. The van der Waals surface area contributed by atoms with Gasteiger partial charge in [-0.3, -0.25) is 4.72 Å². The van der Waals surface area contributed by atoms with E-state index in [0.717, 1.165) is 16.9 Å². The maximum Gasteiger partial charge on any atom is 0.238 e. The zero-order valence-electron chi connectivity index (χ0n) is 12.1. The van der Waals surface area contributed by atoms with E-state index in [4.69, 9.17) is 11.6 Å². The molecule has 0 unspecified atom stereocenters. The second kappa shape index (κ2) is 6.84. The number of benzene rings is 2. The van der Waals surface area contributed by atoms with Crippen molar-refractivity contribution in [3.8, 4) is 10.6 Å². The van der Waals surface area contributed by atoms with Crippen LogP contribution in [0.2, 0.25) is 5.02 Å². The summed E-state index contributed by atoms with van der Waals surface area (Å²) in [6.07, 6.45) is 0. The Morgan fingerprint density at radius 2 is 1.71 bits per heavy atom. The van der Waals surface area contributed by atoms with Gasteiger partial charge in [-0.25, -0.2) is 12.8 Å². The summed E-state index contributed by atoms with van der Waals surface area (Å²) in [7, 11) is -3.66. The summed E-state index contributed by atoms with van der Waals surface area (Å²) in [5.41, 5.74) is 1.27. The lowest BCUT2D eigenvalue weighted by atomic mass is 10.2. The molecule has 9 heteroatoms. The highest BCUT2D eigenvalue weighted by molar-refractivity contribution is 7.92. The second-order valence-corrected chi connectivity index (χ2v) is 8.04. The first-order valence-electron chi connectivity index (χ1n) is 6.76. The van der Waals surface area contributed by atoms with Gasteiger partial charge in [0.15, 0.2) is 0 Å². The molecule has 0 aliphatic heterocycles. The van der Waals surface area contributed by atoms with Crippen molar-refractivity contribution in [3.63, 3.8) is 0 Å². The molecule has 0 spiro atoms. The first-order valence-corrected chi connectivity index (χ1v) is 9.60. The fourth-order valence-electron chi connectivity index (χ4n) is 1.94. The quantitative estimate of drug-likeness (QED) is 0.724. The molecule has 0 aliphatic carbocycles. The smallest absolute Gasteiger partial charge is 0.238 e. The number of hydrogen-bond donors (Lipinski definition) is 1. The summed E-state index contributed by atoms with van der Waals surface area (Å²) in [6, 6.07) is 12.3. The summed E-state index contributed by atoms with van der Waals surface area (Å²) in [6.45, 7) is 0. The molecule has 0 saturated heterocycles. The van der Waals surface area contributed by atoms with Crippen molar-refractivity contribution in [1.29, 1.82) is 0 Å². The number of rotatable bonds is 5. The number of aromatic nitrogens is 2. The molecular weight excluding hydrogens is 373 g/mol. The Morgan fingerprint density at radius 1 is 1.04 bits per heavy atom. The number of nitrogens with one attached hydrogen (secondary N) is 1. The van der Waals surface area contributed by atoms with Crippen molar-refractivity contribution in [2.45, 2.75) is 5.75 Å². The lowest BCUT2D eigenvalue weighted by molar-refractivity contribution is 0.599. The fraction of sp³-hybridized carbons (Fsp3) is 0.0667. The molecule has 0 amide bonds. The van der Waals surface area contributed by atoms with Gasteiger partial charge in [0.2, 0.25) is 15.2 Å². The van der Waals surface area contributed by atoms with Gasteiger partial charge in [-0.15, -0.1) is 10.2 Å². The predicted molar refractivity (Wildman–Crippen MR) is 93.0 cm³/mol. The lowest BCUT2D eigenvalue weighted by Gasteiger charge is -2.04. The maximum atomic E-state index is 12.9. The number of halogens is 2. The monoisotopic (exact) mass is 383 g/mol. The van der Waals surface area contributed by atoms with E-state index in [-0.39, 0.29) is 10.9 Å². The van der Waals surface area contributed by atoms with Crippen molar-refractivity contribution in [2.24, 2.45) is 0 Å². The van der Waals surface area contributed by atoms with Crippen molar-refractivity contribution in [1.82, 2.24) is 10.2 Å². The highest BCUT2D eigenvalue weighted by Gasteiger charge is 2.15. The van der Waals surface area contributed by atoms with Crippen molar-refractivity contribution >= 4 is 38.1 Å². The molecule has 2 aromatic carbocycles. The molecule has 5 nitrogen and oxygen atoms in total. The molecule has 0 fully saturated rings. The van der Waals surface area contributed by atoms with Crippen LogP contribution >= 0.6 is 22.9 Å². The molecule has 124 valence electrons. The van der Waals surface area contributed by atoms with Gasteiger partial charge in [-0.2, -0.15) is 0 Å². The summed E-state index contributed by atoms with van der Waals surface area (Å²) >= 11 is 6.95. The minimum absolute atomic E-state index is 0.169. The zero-order valence-corrected chi connectivity index (χ0v) is 14.5. The molecule has 24 heavy (non-hydrogen) atoms. The number of hydrogen-bond acceptors (Lipinski definition) is 5. The van der Waals surface area contributed by atoms with E-state index < -0.39 is 15.8 Å². The third kappa shape index (κ3) is 4.28. The Hall–Kier alpha value is -2.03. The van der Waals surface area contributed by atoms with Crippen LogP contribution in [0.25, 0.3) is 10.6 Å². The van der Waals surface area contributed by atoms with Crippen LogP contribution in [0, 0.1) is 5.82 Å². The second-order valence-electron chi connectivity index (χ2n) is 4.91. The standard InChI is InChI=1S/C15H11ClFN3O2S2/c16-12-5-3-11(4-6-12)14-18-19-15(23-14)20-24(21,22)9-10-1-7-13(17)8-2-10/h1-8H,9H2,(H,19,20). The maximum absolute atomic E-state index is 12.9. The predicted octanol–water partition coefficient (Wildman–Crippen LogP) is 3.94. The summed E-state index contributed by atoms with van der Waals surface area (Å²) in [4.78, 5) is 0. The van der Waals surface area contributed by atoms with Gasteiger partial charge < -0.3 is 0 Å². The Labute approximate surface area is 147 Å². The molecule has 0 atom stereocenters. The van der Waals surface area contributed by atoms with Crippen LogP contribution in [0.4, 0.5) is 9.52 Å². The average molecular weight is 384 g/mol. The third-order valence-electron chi connectivity index (χ3n) is 3.03. The largest absolute Gasteiger partial charge is 0.257 e. The van der Waals surface area contributed by atoms with Gasteiger partial charge in [-0.1, -0.05) is 47.2 Å². The Bertz CT molecular complexity index is 942. The van der Waals surface area contributed by atoms with E-state index in [1.165, 1.54) is 24.3 Å². The van der Waals surface area contributed by atoms with Gasteiger partial charge in [0.05, 0.1) is 5.75 Å². The molecule has 0 aliphatic rings. The van der Waals surface area contributed by atoms with Gasteiger partial charge in [0.25, 0.3) is 0 Å². The molecule has 1 heterocycles. The van der Waals surface area contributed by atoms with Crippen LogP contribution in [0.15, 0.2) is 48.5 Å².